The van der Waals surface area contributed by atoms with E-state index in [1.807, 2.05) is 24.3 Å². The van der Waals surface area contributed by atoms with Gasteiger partial charge in [-0.3, -0.25) is 4.79 Å². The largest absolute Gasteiger partial charge is 0.381 e. The third-order valence-corrected chi connectivity index (χ3v) is 3.85. The lowest BCUT2D eigenvalue weighted by Gasteiger charge is -2.07. The average molecular weight is 325 g/mol. The third kappa shape index (κ3) is 3.85. The molecule has 1 aromatic carbocycles. The lowest BCUT2D eigenvalue weighted by atomic mass is 10.2. The quantitative estimate of drug-likeness (QED) is 0.889. The summed E-state index contributed by atoms with van der Waals surface area (Å²) in [5.41, 5.74) is 3.03. The fourth-order valence-electron chi connectivity index (χ4n) is 1.55. The smallest absolute Gasteiger partial charge is 0.221 e. The first kappa shape index (κ1) is 13.1. The monoisotopic (exact) mass is 324 g/mol. The van der Waals surface area contributed by atoms with Crippen LogP contribution in [0.25, 0.3) is 0 Å². The molecule has 3 nitrogen and oxygen atoms in total. The first-order valence-corrected chi connectivity index (χ1v) is 7.15. The van der Waals surface area contributed by atoms with Gasteiger partial charge in [0, 0.05) is 24.8 Å². The molecule has 5 heteroatoms. The first-order chi connectivity index (χ1) is 8.63. The van der Waals surface area contributed by atoms with Crippen molar-refractivity contribution < 1.29 is 4.79 Å². The van der Waals surface area contributed by atoms with Gasteiger partial charge in [0.05, 0.1) is 3.79 Å². The summed E-state index contributed by atoms with van der Waals surface area (Å²) in [6.45, 7) is 2.27. The Balaban J connectivity index is 1.98. The van der Waals surface area contributed by atoms with Crippen LogP contribution in [0.5, 0.6) is 0 Å². The van der Waals surface area contributed by atoms with Crippen molar-refractivity contribution in [1.29, 1.82) is 0 Å². The average Bonchev–Trinajstić information content (AvgIpc) is 2.72. The van der Waals surface area contributed by atoms with E-state index in [-0.39, 0.29) is 5.91 Å². The summed E-state index contributed by atoms with van der Waals surface area (Å²) in [5.74, 6) is -0.0612. The Morgan fingerprint density at radius 2 is 2.11 bits per heavy atom. The molecule has 1 aromatic heterocycles. The standard InChI is InChI=1S/C13H13BrN2OS/c1-9(17)16-12-4-2-3-11(6-12)15-7-10-5-13(14)18-8-10/h2-6,8,15H,7H2,1H3,(H,16,17). The molecule has 2 aromatic rings. The van der Waals surface area contributed by atoms with Crippen LogP contribution in [-0.2, 0) is 11.3 Å². The van der Waals surface area contributed by atoms with E-state index in [2.05, 4.69) is 38.0 Å². The number of thiophene rings is 1. The van der Waals surface area contributed by atoms with E-state index in [1.54, 1.807) is 11.3 Å². The number of amides is 1. The van der Waals surface area contributed by atoms with Gasteiger partial charge in [0.2, 0.25) is 5.91 Å². The summed E-state index contributed by atoms with van der Waals surface area (Å²) in [5, 5.41) is 8.19. The topological polar surface area (TPSA) is 41.1 Å². The summed E-state index contributed by atoms with van der Waals surface area (Å²) < 4.78 is 1.13. The SMILES string of the molecule is CC(=O)Nc1cccc(NCc2csc(Br)c2)c1. The van der Waals surface area contributed by atoms with E-state index < -0.39 is 0 Å². The molecule has 0 radical (unpaired) electrons. The number of halogens is 1. The van der Waals surface area contributed by atoms with E-state index in [9.17, 15) is 4.79 Å². The molecule has 0 fully saturated rings. The number of carbonyl (C=O) groups is 1. The van der Waals surface area contributed by atoms with Crippen LogP contribution in [0.2, 0.25) is 0 Å². The zero-order valence-electron chi connectivity index (χ0n) is 9.87. The van der Waals surface area contributed by atoms with E-state index in [0.717, 1.165) is 21.7 Å². The molecular weight excluding hydrogens is 312 g/mol. The maximum atomic E-state index is 11.0. The summed E-state index contributed by atoms with van der Waals surface area (Å²) in [6.07, 6.45) is 0. The van der Waals surface area contributed by atoms with Gasteiger partial charge in [-0.25, -0.2) is 0 Å². The van der Waals surface area contributed by atoms with Crippen LogP contribution in [0.4, 0.5) is 11.4 Å². The Morgan fingerprint density at radius 3 is 2.78 bits per heavy atom. The number of rotatable bonds is 4. The van der Waals surface area contributed by atoms with Crippen LogP contribution >= 0.6 is 27.3 Å². The number of benzene rings is 1. The van der Waals surface area contributed by atoms with Gasteiger partial charge in [-0.1, -0.05) is 6.07 Å². The van der Waals surface area contributed by atoms with Crippen LogP contribution < -0.4 is 10.6 Å². The highest BCUT2D eigenvalue weighted by Gasteiger charge is 1.99. The summed E-state index contributed by atoms with van der Waals surface area (Å²) in [7, 11) is 0. The maximum absolute atomic E-state index is 11.0. The predicted molar refractivity (Wildman–Crippen MR) is 80.1 cm³/mol. The van der Waals surface area contributed by atoms with Crippen molar-refractivity contribution in [2.45, 2.75) is 13.5 Å². The van der Waals surface area contributed by atoms with Crippen molar-refractivity contribution in [2.75, 3.05) is 10.6 Å². The van der Waals surface area contributed by atoms with Crippen molar-refractivity contribution in [3.63, 3.8) is 0 Å². The van der Waals surface area contributed by atoms with E-state index in [4.69, 9.17) is 0 Å². The van der Waals surface area contributed by atoms with Crippen LogP contribution in [0.3, 0.4) is 0 Å². The fraction of sp³-hybridized carbons (Fsp3) is 0.154. The molecule has 0 bridgehead atoms. The van der Waals surface area contributed by atoms with Crippen molar-refractivity contribution in [1.82, 2.24) is 0 Å². The van der Waals surface area contributed by atoms with E-state index >= 15 is 0 Å². The minimum Gasteiger partial charge on any atom is -0.381 e. The molecule has 0 saturated heterocycles. The Bertz CT molecular complexity index is 553. The summed E-state index contributed by atoms with van der Waals surface area (Å²) >= 11 is 5.11. The number of hydrogen-bond acceptors (Lipinski definition) is 3. The highest BCUT2D eigenvalue weighted by molar-refractivity contribution is 9.11. The number of anilines is 2. The molecule has 0 aliphatic rings. The van der Waals surface area contributed by atoms with Crippen LogP contribution in [0.15, 0.2) is 39.5 Å². The third-order valence-electron chi connectivity index (χ3n) is 2.30. The van der Waals surface area contributed by atoms with Crippen LogP contribution in [-0.4, -0.2) is 5.91 Å². The number of hydrogen-bond donors (Lipinski definition) is 2. The van der Waals surface area contributed by atoms with Gasteiger partial charge in [0.1, 0.15) is 0 Å². The molecular formula is C13H13BrN2OS. The lowest BCUT2D eigenvalue weighted by Crippen LogP contribution is -2.06. The second-order valence-electron chi connectivity index (χ2n) is 3.87. The van der Waals surface area contributed by atoms with Gasteiger partial charge in [0.15, 0.2) is 0 Å². The van der Waals surface area contributed by atoms with Gasteiger partial charge >= 0.3 is 0 Å². The second-order valence-corrected chi connectivity index (χ2v) is 6.17. The number of nitrogens with one attached hydrogen (secondary N) is 2. The molecule has 0 atom stereocenters. The molecule has 0 aliphatic heterocycles. The van der Waals surface area contributed by atoms with Crippen molar-refractivity contribution in [3.05, 3.63) is 45.1 Å². The minimum absolute atomic E-state index is 0.0612. The molecule has 2 N–H and O–H groups in total. The summed E-state index contributed by atoms with van der Waals surface area (Å²) in [6, 6.07) is 9.77. The molecule has 0 saturated carbocycles. The molecule has 18 heavy (non-hydrogen) atoms. The van der Waals surface area contributed by atoms with Gasteiger partial charge in [-0.2, -0.15) is 0 Å². The highest BCUT2D eigenvalue weighted by atomic mass is 79.9. The van der Waals surface area contributed by atoms with Gasteiger partial charge in [-0.05, 0) is 51.1 Å². The molecule has 1 amide bonds. The molecule has 94 valence electrons. The highest BCUT2D eigenvalue weighted by Crippen LogP contribution is 2.22. The minimum atomic E-state index is -0.0612. The second kappa shape index (κ2) is 6.02. The molecule has 0 unspecified atom stereocenters. The Hall–Kier alpha value is -1.33. The van der Waals surface area contributed by atoms with E-state index in [0.29, 0.717) is 0 Å². The van der Waals surface area contributed by atoms with Gasteiger partial charge in [-0.15, -0.1) is 11.3 Å². The predicted octanol–water partition coefficient (Wildman–Crippen LogP) is 4.08. The molecule has 1 heterocycles. The Labute approximate surface area is 118 Å². The van der Waals surface area contributed by atoms with E-state index in [1.165, 1.54) is 12.5 Å². The molecule has 0 aliphatic carbocycles. The lowest BCUT2D eigenvalue weighted by molar-refractivity contribution is -0.114. The van der Waals surface area contributed by atoms with Crippen LogP contribution in [0, 0.1) is 0 Å². The van der Waals surface area contributed by atoms with Crippen molar-refractivity contribution >= 4 is 44.5 Å². The summed E-state index contributed by atoms with van der Waals surface area (Å²) in [4.78, 5) is 11.0. The first-order valence-electron chi connectivity index (χ1n) is 5.48. The Kier molecular flexibility index (Phi) is 4.38. The van der Waals surface area contributed by atoms with Crippen molar-refractivity contribution in [3.8, 4) is 0 Å². The molecule has 2 rings (SSSR count). The molecule has 0 spiro atoms. The number of carbonyl (C=O) groups excluding carboxylic acids is 1. The fourth-order valence-corrected chi connectivity index (χ4v) is 2.76. The Morgan fingerprint density at radius 1 is 1.33 bits per heavy atom. The zero-order chi connectivity index (χ0) is 13.0. The van der Waals surface area contributed by atoms with Gasteiger partial charge < -0.3 is 10.6 Å². The maximum Gasteiger partial charge on any atom is 0.221 e. The van der Waals surface area contributed by atoms with Crippen molar-refractivity contribution in [2.24, 2.45) is 0 Å². The zero-order valence-corrected chi connectivity index (χ0v) is 12.3. The normalized spacial score (nSPS) is 10.1. The van der Waals surface area contributed by atoms with Gasteiger partial charge in [0.25, 0.3) is 0 Å². The van der Waals surface area contributed by atoms with Crippen LogP contribution in [0.1, 0.15) is 12.5 Å².